The van der Waals surface area contributed by atoms with Gasteiger partial charge in [-0.3, -0.25) is 10.1 Å². The van der Waals surface area contributed by atoms with Gasteiger partial charge in [0.25, 0.3) is 5.69 Å². The maximum absolute atomic E-state index is 10.6. The summed E-state index contributed by atoms with van der Waals surface area (Å²) in [7, 11) is 0. The van der Waals surface area contributed by atoms with Crippen LogP contribution in [0.1, 0.15) is 5.56 Å². The molecule has 0 saturated carbocycles. The van der Waals surface area contributed by atoms with Gasteiger partial charge in [0.1, 0.15) is 0 Å². The van der Waals surface area contributed by atoms with E-state index in [-0.39, 0.29) is 5.69 Å². The quantitative estimate of drug-likeness (QED) is 0.262. The predicted octanol–water partition coefficient (Wildman–Crippen LogP) is 7.58. The number of hydrogen-bond acceptors (Lipinski definition) is 2. The SMILES string of the molecule is Cc1ccc(-c2ccccc2)cc1.O=[N+]([O-])c1cccc(-c2ccccc2Cl)c1. The second-order valence-electron chi connectivity index (χ2n) is 6.52. The van der Waals surface area contributed by atoms with Crippen molar-refractivity contribution in [2.75, 3.05) is 0 Å². The van der Waals surface area contributed by atoms with Crippen LogP contribution in [-0.4, -0.2) is 4.92 Å². The van der Waals surface area contributed by atoms with E-state index in [0.717, 1.165) is 11.1 Å². The van der Waals surface area contributed by atoms with Crippen LogP contribution in [0.5, 0.6) is 0 Å². The fourth-order valence-corrected chi connectivity index (χ4v) is 3.10. The van der Waals surface area contributed by atoms with Crippen LogP contribution < -0.4 is 0 Å². The molecule has 0 aliphatic rings. The maximum atomic E-state index is 10.6. The van der Waals surface area contributed by atoms with Crippen LogP contribution in [-0.2, 0) is 0 Å². The van der Waals surface area contributed by atoms with Crippen molar-refractivity contribution >= 4 is 17.3 Å². The molecule has 4 aromatic rings. The lowest BCUT2D eigenvalue weighted by atomic mass is 10.0. The van der Waals surface area contributed by atoms with Gasteiger partial charge < -0.3 is 0 Å². The highest BCUT2D eigenvalue weighted by Gasteiger charge is 2.08. The van der Waals surface area contributed by atoms with Gasteiger partial charge in [-0.1, -0.05) is 102 Å². The van der Waals surface area contributed by atoms with Gasteiger partial charge in [-0.25, -0.2) is 0 Å². The lowest BCUT2D eigenvalue weighted by Gasteiger charge is -2.03. The van der Waals surface area contributed by atoms with E-state index in [1.165, 1.54) is 28.8 Å². The highest BCUT2D eigenvalue weighted by molar-refractivity contribution is 6.33. The van der Waals surface area contributed by atoms with Gasteiger partial charge in [-0.05, 0) is 29.7 Å². The Morgan fingerprint density at radius 3 is 1.93 bits per heavy atom. The average Bonchev–Trinajstić information content (AvgIpc) is 2.76. The van der Waals surface area contributed by atoms with E-state index in [1.807, 2.05) is 24.3 Å². The smallest absolute Gasteiger partial charge is 0.258 e. The molecule has 0 atom stereocenters. The summed E-state index contributed by atoms with van der Waals surface area (Å²) in [6.07, 6.45) is 0. The number of halogens is 1. The molecular weight excluding hydrogens is 382 g/mol. The summed E-state index contributed by atoms with van der Waals surface area (Å²) in [5.41, 5.74) is 5.48. The molecular formula is C25H20ClNO2. The topological polar surface area (TPSA) is 43.1 Å². The first-order valence-electron chi connectivity index (χ1n) is 9.16. The molecule has 0 spiro atoms. The summed E-state index contributed by atoms with van der Waals surface area (Å²) >= 11 is 6.02. The van der Waals surface area contributed by atoms with Crippen LogP contribution in [0.3, 0.4) is 0 Å². The molecule has 144 valence electrons. The van der Waals surface area contributed by atoms with Gasteiger partial charge in [-0.2, -0.15) is 0 Å². The molecule has 0 fully saturated rings. The zero-order chi connectivity index (χ0) is 20.6. The van der Waals surface area contributed by atoms with E-state index in [1.54, 1.807) is 18.2 Å². The Balaban J connectivity index is 0.000000169. The molecule has 4 rings (SSSR count). The molecule has 0 aliphatic heterocycles. The van der Waals surface area contributed by atoms with Crippen LogP contribution in [0.15, 0.2) is 103 Å². The second kappa shape index (κ2) is 9.67. The van der Waals surface area contributed by atoms with Gasteiger partial charge >= 0.3 is 0 Å². The number of nitro benzene ring substituents is 1. The first-order chi connectivity index (χ1) is 14.0. The van der Waals surface area contributed by atoms with Gasteiger partial charge in [-0.15, -0.1) is 0 Å². The number of rotatable bonds is 3. The minimum Gasteiger partial charge on any atom is -0.258 e. The maximum Gasteiger partial charge on any atom is 0.270 e. The van der Waals surface area contributed by atoms with E-state index in [4.69, 9.17) is 11.6 Å². The van der Waals surface area contributed by atoms with E-state index < -0.39 is 4.92 Å². The molecule has 4 heteroatoms. The molecule has 0 radical (unpaired) electrons. The van der Waals surface area contributed by atoms with Gasteiger partial charge in [0.05, 0.1) is 4.92 Å². The Bertz CT molecular complexity index is 1090. The number of non-ortho nitro benzene ring substituents is 1. The second-order valence-corrected chi connectivity index (χ2v) is 6.93. The largest absolute Gasteiger partial charge is 0.270 e. The van der Waals surface area contributed by atoms with Crippen molar-refractivity contribution in [1.82, 2.24) is 0 Å². The summed E-state index contributed by atoms with van der Waals surface area (Å²) in [6, 6.07) is 32.7. The van der Waals surface area contributed by atoms with Gasteiger partial charge in [0.2, 0.25) is 0 Å². The van der Waals surface area contributed by atoms with E-state index in [0.29, 0.717) is 5.02 Å². The third-order valence-electron chi connectivity index (χ3n) is 4.40. The number of nitro groups is 1. The average molecular weight is 402 g/mol. The number of benzene rings is 4. The lowest BCUT2D eigenvalue weighted by Crippen LogP contribution is -1.88. The molecule has 0 aliphatic carbocycles. The summed E-state index contributed by atoms with van der Waals surface area (Å²) < 4.78 is 0. The van der Waals surface area contributed by atoms with Crippen molar-refractivity contribution in [3.8, 4) is 22.3 Å². The predicted molar refractivity (Wildman–Crippen MR) is 120 cm³/mol. The summed E-state index contributed by atoms with van der Waals surface area (Å²) in [4.78, 5) is 10.2. The first-order valence-corrected chi connectivity index (χ1v) is 9.54. The molecule has 0 aromatic heterocycles. The highest BCUT2D eigenvalue weighted by Crippen LogP contribution is 2.29. The van der Waals surface area contributed by atoms with Crippen molar-refractivity contribution in [2.45, 2.75) is 6.92 Å². The van der Waals surface area contributed by atoms with Crippen molar-refractivity contribution in [2.24, 2.45) is 0 Å². The van der Waals surface area contributed by atoms with Crippen LogP contribution in [0.2, 0.25) is 5.02 Å². The van der Waals surface area contributed by atoms with E-state index in [2.05, 4.69) is 55.5 Å². The number of hydrogen-bond donors (Lipinski definition) is 0. The Morgan fingerprint density at radius 1 is 0.690 bits per heavy atom. The zero-order valence-corrected chi connectivity index (χ0v) is 16.7. The van der Waals surface area contributed by atoms with Crippen molar-refractivity contribution in [1.29, 1.82) is 0 Å². The van der Waals surface area contributed by atoms with E-state index >= 15 is 0 Å². The van der Waals surface area contributed by atoms with Crippen LogP contribution >= 0.6 is 11.6 Å². The molecule has 3 nitrogen and oxygen atoms in total. The van der Waals surface area contributed by atoms with Crippen molar-refractivity contribution < 1.29 is 4.92 Å². The summed E-state index contributed by atoms with van der Waals surface area (Å²) in [5.74, 6) is 0. The Morgan fingerprint density at radius 2 is 1.28 bits per heavy atom. The van der Waals surface area contributed by atoms with E-state index in [9.17, 15) is 10.1 Å². The molecule has 29 heavy (non-hydrogen) atoms. The van der Waals surface area contributed by atoms with Crippen molar-refractivity contribution in [3.05, 3.63) is 124 Å². The molecule has 4 aromatic carbocycles. The summed E-state index contributed by atoms with van der Waals surface area (Å²) in [5, 5.41) is 11.2. The molecule has 0 saturated heterocycles. The first kappa shape index (κ1) is 20.3. The Labute approximate surface area is 175 Å². The Kier molecular flexibility index (Phi) is 6.77. The molecule has 0 bridgehead atoms. The molecule has 0 amide bonds. The minimum atomic E-state index is -0.416. The standard InChI is InChI=1S/C13H12.C12H8ClNO2/c1-11-7-9-13(10-8-11)12-5-3-2-4-6-12;13-12-7-2-1-6-11(12)9-4-3-5-10(8-9)14(15)16/h2-10H,1H3;1-8H. The van der Waals surface area contributed by atoms with Crippen LogP contribution in [0, 0.1) is 17.0 Å². The normalized spacial score (nSPS) is 10.0. The number of nitrogens with zero attached hydrogens (tertiary/aromatic N) is 1. The molecule has 0 N–H and O–H groups in total. The third-order valence-corrected chi connectivity index (χ3v) is 4.73. The molecule has 0 unspecified atom stereocenters. The van der Waals surface area contributed by atoms with Gasteiger partial charge in [0, 0.05) is 22.7 Å². The number of aryl methyl sites for hydroxylation is 1. The van der Waals surface area contributed by atoms with Gasteiger partial charge in [0.15, 0.2) is 0 Å². The van der Waals surface area contributed by atoms with Crippen LogP contribution in [0.4, 0.5) is 5.69 Å². The fraction of sp³-hybridized carbons (Fsp3) is 0.0400. The highest BCUT2D eigenvalue weighted by atomic mass is 35.5. The lowest BCUT2D eigenvalue weighted by molar-refractivity contribution is -0.384. The Hall–Kier alpha value is -3.43. The van der Waals surface area contributed by atoms with Crippen LogP contribution in [0.25, 0.3) is 22.3 Å². The third kappa shape index (κ3) is 5.53. The monoisotopic (exact) mass is 401 g/mol. The molecule has 0 heterocycles. The minimum absolute atomic E-state index is 0.0671. The van der Waals surface area contributed by atoms with Crippen molar-refractivity contribution in [3.63, 3.8) is 0 Å². The fourth-order valence-electron chi connectivity index (χ4n) is 2.86. The summed E-state index contributed by atoms with van der Waals surface area (Å²) in [6.45, 7) is 2.11. The zero-order valence-electron chi connectivity index (χ0n) is 16.0.